The van der Waals surface area contributed by atoms with Crippen molar-refractivity contribution >= 4 is 60.5 Å². The van der Waals surface area contributed by atoms with Crippen LogP contribution < -0.4 is 4.90 Å². The minimum absolute atomic E-state index is 0.112. The highest BCUT2D eigenvalue weighted by atomic mass is 16.3. The van der Waals surface area contributed by atoms with Crippen LogP contribution in [0.15, 0.2) is 168 Å². The van der Waals surface area contributed by atoms with E-state index in [9.17, 15) is 0 Å². The van der Waals surface area contributed by atoms with Gasteiger partial charge in [-0.1, -0.05) is 141 Å². The second-order valence-corrected chi connectivity index (χ2v) is 13.7. The predicted molar refractivity (Wildman–Crippen MR) is 206 cm³/mol. The summed E-state index contributed by atoms with van der Waals surface area (Å²) >= 11 is 0. The van der Waals surface area contributed by atoms with Crippen molar-refractivity contribution < 1.29 is 4.42 Å². The quantitative estimate of drug-likeness (QED) is 0.193. The number of nitrogens with zero attached hydrogens (tertiary/aromatic N) is 1. The van der Waals surface area contributed by atoms with Crippen molar-refractivity contribution in [2.75, 3.05) is 4.90 Å². The zero-order chi connectivity index (χ0) is 32.7. The summed E-state index contributed by atoms with van der Waals surface area (Å²) in [6.45, 7) is 4.70. The van der Waals surface area contributed by atoms with Gasteiger partial charge in [-0.2, -0.15) is 0 Å². The van der Waals surface area contributed by atoms with Gasteiger partial charge in [0.2, 0.25) is 0 Å². The maximum absolute atomic E-state index is 6.52. The molecule has 0 radical (unpaired) electrons. The van der Waals surface area contributed by atoms with Crippen LogP contribution in [0.2, 0.25) is 0 Å². The molecular formula is C47H33NO. The molecule has 0 atom stereocenters. The molecule has 0 saturated heterocycles. The first kappa shape index (κ1) is 27.9. The lowest BCUT2D eigenvalue weighted by atomic mass is 9.82. The number of hydrogen-bond donors (Lipinski definition) is 0. The van der Waals surface area contributed by atoms with E-state index in [1.54, 1.807) is 0 Å². The van der Waals surface area contributed by atoms with Gasteiger partial charge >= 0.3 is 0 Å². The normalized spacial score (nSPS) is 13.3. The summed E-state index contributed by atoms with van der Waals surface area (Å²) in [5, 5.41) is 7.02. The van der Waals surface area contributed by atoms with Crippen LogP contribution in [0.1, 0.15) is 25.0 Å². The molecule has 2 nitrogen and oxygen atoms in total. The van der Waals surface area contributed by atoms with Crippen LogP contribution in [-0.2, 0) is 5.41 Å². The largest absolute Gasteiger partial charge is 0.455 e. The van der Waals surface area contributed by atoms with Gasteiger partial charge in [0.15, 0.2) is 0 Å². The Balaban J connectivity index is 1.22. The van der Waals surface area contributed by atoms with Crippen LogP contribution in [-0.4, -0.2) is 0 Å². The lowest BCUT2D eigenvalue weighted by Gasteiger charge is -2.29. The van der Waals surface area contributed by atoms with Gasteiger partial charge in [0, 0.05) is 38.3 Å². The first-order chi connectivity index (χ1) is 24.1. The topological polar surface area (TPSA) is 16.4 Å². The molecule has 0 unspecified atom stereocenters. The Morgan fingerprint density at radius 1 is 0.449 bits per heavy atom. The SMILES string of the molecule is CC1(C)c2ccccc2-c2ccc(N(c3ccc(-c4cccc5ccccc45)cc3)c3cc4c5ccccc5oc4c4ccccc34)cc21. The average Bonchev–Trinajstić information content (AvgIpc) is 3.64. The highest BCUT2D eigenvalue weighted by Gasteiger charge is 2.36. The Labute approximate surface area is 285 Å². The molecule has 2 heteroatoms. The van der Waals surface area contributed by atoms with E-state index in [1.807, 2.05) is 6.07 Å². The number of anilines is 3. The number of hydrogen-bond acceptors (Lipinski definition) is 2. The van der Waals surface area contributed by atoms with Crippen LogP contribution >= 0.6 is 0 Å². The zero-order valence-corrected chi connectivity index (χ0v) is 27.4. The van der Waals surface area contributed by atoms with E-state index in [4.69, 9.17) is 4.42 Å². The van der Waals surface area contributed by atoms with Gasteiger partial charge in [-0.15, -0.1) is 0 Å². The first-order valence-corrected chi connectivity index (χ1v) is 17.0. The van der Waals surface area contributed by atoms with Crippen LogP contribution in [0.3, 0.4) is 0 Å². The van der Waals surface area contributed by atoms with Crippen LogP contribution in [0, 0.1) is 0 Å². The van der Waals surface area contributed by atoms with Gasteiger partial charge in [0.1, 0.15) is 11.2 Å². The molecule has 0 N–H and O–H groups in total. The number of furan rings is 1. The lowest BCUT2D eigenvalue weighted by Crippen LogP contribution is -2.16. The molecule has 49 heavy (non-hydrogen) atoms. The number of para-hydroxylation sites is 1. The van der Waals surface area contributed by atoms with E-state index in [1.165, 1.54) is 44.2 Å². The molecule has 0 aliphatic heterocycles. The van der Waals surface area contributed by atoms with E-state index in [0.717, 1.165) is 49.8 Å². The smallest absolute Gasteiger partial charge is 0.143 e. The molecule has 232 valence electrons. The monoisotopic (exact) mass is 627 g/mol. The van der Waals surface area contributed by atoms with Crippen molar-refractivity contribution in [1.82, 2.24) is 0 Å². The van der Waals surface area contributed by atoms with Crippen LogP contribution in [0.5, 0.6) is 0 Å². The summed E-state index contributed by atoms with van der Waals surface area (Å²) in [7, 11) is 0. The minimum Gasteiger partial charge on any atom is -0.455 e. The molecule has 1 aliphatic carbocycles. The van der Waals surface area contributed by atoms with Gasteiger partial charge in [0.05, 0.1) is 5.69 Å². The maximum Gasteiger partial charge on any atom is 0.143 e. The van der Waals surface area contributed by atoms with Crippen LogP contribution in [0.4, 0.5) is 17.1 Å². The Morgan fingerprint density at radius 2 is 1.08 bits per heavy atom. The molecule has 1 aromatic heterocycles. The fourth-order valence-corrected chi connectivity index (χ4v) is 8.24. The molecule has 0 saturated carbocycles. The predicted octanol–water partition coefficient (Wildman–Crippen LogP) is 13.3. The molecule has 10 rings (SSSR count). The van der Waals surface area contributed by atoms with Gasteiger partial charge in [-0.05, 0) is 80.6 Å². The van der Waals surface area contributed by atoms with Crippen molar-refractivity contribution in [2.24, 2.45) is 0 Å². The number of fused-ring (bicyclic) bond motifs is 9. The van der Waals surface area contributed by atoms with E-state index < -0.39 is 0 Å². The second kappa shape index (κ2) is 10.4. The average molecular weight is 628 g/mol. The van der Waals surface area contributed by atoms with Gasteiger partial charge in [-0.25, -0.2) is 0 Å². The van der Waals surface area contributed by atoms with Crippen molar-refractivity contribution in [2.45, 2.75) is 19.3 Å². The summed E-state index contributed by atoms with van der Waals surface area (Å²) in [5.41, 5.74) is 12.9. The van der Waals surface area contributed by atoms with Crippen molar-refractivity contribution in [3.8, 4) is 22.3 Å². The number of rotatable bonds is 4. The minimum atomic E-state index is -0.112. The van der Waals surface area contributed by atoms with Gasteiger partial charge in [-0.3, -0.25) is 0 Å². The Bertz CT molecular complexity index is 2740. The van der Waals surface area contributed by atoms with E-state index in [0.29, 0.717) is 0 Å². The summed E-state index contributed by atoms with van der Waals surface area (Å²) < 4.78 is 6.52. The van der Waals surface area contributed by atoms with Gasteiger partial charge in [0.25, 0.3) is 0 Å². The highest BCUT2D eigenvalue weighted by Crippen LogP contribution is 2.51. The summed E-state index contributed by atoms with van der Waals surface area (Å²) in [6, 6.07) is 59.5. The molecule has 0 fully saturated rings. The summed E-state index contributed by atoms with van der Waals surface area (Å²) in [5.74, 6) is 0. The van der Waals surface area contributed by atoms with Crippen molar-refractivity contribution in [1.29, 1.82) is 0 Å². The third-order valence-electron chi connectivity index (χ3n) is 10.7. The molecule has 0 bridgehead atoms. The molecule has 8 aromatic carbocycles. The van der Waals surface area contributed by atoms with E-state index in [-0.39, 0.29) is 5.41 Å². The van der Waals surface area contributed by atoms with Gasteiger partial charge < -0.3 is 9.32 Å². The third kappa shape index (κ3) is 4.14. The maximum atomic E-state index is 6.52. The van der Waals surface area contributed by atoms with E-state index >= 15 is 0 Å². The fourth-order valence-electron chi connectivity index (χ4n) is 8.24. The summed E-state index contributed by atoms with van der Waals surface area (Å²) in [6.07, 6.45) is 0. The molecule has 0 amide bonds. The van der Waals surface area contributed by atoms with Crippen LogP contribution in [0.25, 0.3) is 65.7 Å². The third-order valence-corrected chi connectivity index (χ3v) is 10.7. The standard InChI is InChI=1S/C47H33NO/c1-47(2)42-20-9-7-15-36(42)37-27-26-33(28-43(37)47)48(32-24-22-31(23-25-32)35-19-11-13-30-12-3-4-14-34(30)35)44-29-41-39-17-8-10-21-45(39)49-46(41)40-18-6-5-16-38(40)44/h3-29H,1-2H3. The van der Waals surface area contributed by atoms with Crippen molar-refractivity contribution in [3.63, 3.8) is 0 Å². The molecule has 1 aliphatic rings. The molecule has 1 heterocycles. The van der Waals surface area contributed by atoms with E-state index in [2.05, 4.69) is 176 Å². The highest BCUT2D eigenvalue weighted by molar-refractivity contribution is 6.19. The zero-order valence-electron chi connectivity index (χ0n) is 27.4. The Hall–Kier alpha value is -6.12. The number of benzene rings is 8. The Kier molecular flexibility index (Phi) is 5.95. The first-order valence-electron chi connectivity index (χ1n) is 17.0. The second-order valence-electron chi connectivity index (χ2n) is 13.7. The summed E-state index contributed by atoms with van der Waals surface area (Å²) in [4.78, 5) is 2.44. The lowest BCUT2D eigenvalue weighted by molar-refractivity contribution is 0.660. The molecule has 9 aromatic rings. The molecule has 0 spiro atoms. The molecular weight excluding hydrogens is 595 g/mol. The fraction of sp³-hybridized carbons (Fsp3) is 0.0638. The van der Waals surface area contributed by atoms with Crippen molar-refractivity contribution in [3.05, 3.63) is 175 Å². The Morgan fingerprint density at radius 3 is 1.94 bits per heavy atom.